The predicted octanol–water partition coefficient (Wildman–Crippen LogP) is 4.03. The highest BCUT2D eigenvalue weighted by molar-refractivity contribution is 7.17. The molecule has 3 aromatic rings. The summed E-state index contributed by atoms with van der Waals surface area (Å²) in [5.74, 6) is 0. The number of aliphatic hydroxyl groups excluding tert-OH is 1. The van der Waals surface area contributed by atoms with Crippen LogP contribution in [0.5, 0.6) is 0 Å². The average molecular weight is 276 g/mol. The highest BCUT2D eigenvalue weighted by atomic mass is 35.5. The standard InChI is InChI=1S/C14H10ClNOS/c15-11-3-1-9(2-4-11)14(17)10-7-13-12(16-8-10)5-6-18-13/h1-8,14,17H. The van der Waals surface area contributed by atoms with Crippen LogP contribution in [-0.2, 0) is 0 Å². The molecule has 0 amide bonds. The number of aliphatic hydroxyl groups is 1. The Morgan fingerprint density at radius 1 is 1.11 bits per heavy atom. The molecule has 2 aromatic heterocycles. The second-order valence-electron chi connectivity index (χ2n) is 4.03. The molecule has 0 aliphatic heterocycles. The first-order chi connectivity index (χ1) is 8.74. The number of hydrogen-bond acceptors (Lipinski definition) is 3. The molecule has 0 saturated heterocycles. The van der Waals surface area contributed by atoms with E-state index in [1.807, 2.05) is 29.6 Å². The lowest BCUT2D eigenvalue weighted by molar-refractivity contribution is 0.220. The number of pyridine rings is 1. The van der Waals surface area contributed by atoms with E-state index >= 15 is 0 Å². The van der Waals surface area contributed by atoms with Crippen molar-refractivity contribution in [2.45, 2.75) is 6.10 Å². The molecule has 0 fully saturated rings. The van der Waals surface area contributed by atoms with E-state index in [-0.39, 0.29) is 0 Å². The maximum atomic E-state index is 10.3. The van der Waals surface area contributed by atoms with Gasteiger partial charge in [0.2, 0.25) is 0 Å². The number of halogens is 1. The first-order valence-electron chi connectivity index (χ1n) is 5.51. The SMILES string of the molecule is OC(c1ccc(Cl)cc1)c1cnc2ccsc2c1. The maximum Gasteiger partial charge on any atom is 0.106 e. The lowest BCUT2D eigenvalue weighted by Gasteiger charge is -2.11. The number of rotatable bonds is 2. The van der Waals surface area contributed by atoms with Gasteiger partial charge < -0.3 is 5.11 Å². The fraction of sp³-hybridized carbons (Fsp3) is 0.0714. The van der Waals surface area contributed by atoms with Gasteiger partial charge in [-0.15, -0.1) is 11.3 Å². The molecule has 3 rings (SSSR count). The quantitative estimate of drug-likeness (QED) is 0.766. The summed E-state index contributed by atoms with van der Waals surface area (Å²) >= 11 is 7.46. The van der Waals surface area contributed by atoms with Crippen molar-refractivity contribution in [2.24, 2.45) is 0 Å². The molecule has 4 heteroatoms. The summed E-state index contributed by atoms with van der Waals surface area (Å²) < 4.78 is 1.08. The Morgan fingerprint density at radius 2 is 1.89 bits per heavy atom. The molecule has 1 unspecified atom stereocenters. The average Bonchev–Trinajstić information content (AvgIpc) is 2.86. The van der Waals surface area contributed by atoms with Crippen LogP contribution in [-0.4, -0.2) is 10.1 Å². The van der Waals surface area contributed by atoms with Gasteiger partial charge in [0.1, 0.15) is 6.10 Å². The van der Waals surface area contributed by atoms with Crippen LogP contribution >= 0.6 is 22.9 Å². The third-order valence-corrected chi connectivity index (χ3v) is 3.93. The van der Waals surface area contributed by atoms with Crippen molar-refractivity contribution in [3.63, 3.8) is 0 Å². The van der Waals surface area contributed by atoms with Gasteiger partial charge in [0.05, 0.1) is 10.2 Å². The van der Waals surface area contributed by atoms with E-state index in [0.717, 1.165) is 21.3 Å². The van der Waals surface area contributed by atoms with Crippen LogP contribution in [0.15, 0.2) is 48.0 Å². The summed E-state index contributed by atoms with van der Waals surface area (Å²) in [6.07, 6.45) is 1.05. The number of fused-ring (bicyclic) bond motifs is 1. The molecular weight excluding hydrogens is 266 g/mol. The van der Waals surface area contributed by atoms with E-state index in [2.05, 4.69) is 4.98 Å². The highest BCUT2D eigenvalue weighted by Crippen LogP contribution is 2.27. The van der Waals surface area contributed by atoms with Crippen molar-refractivity contribution in [2.75, 3.05) is 0 Å². The summed E-state index contributed by atoms with van der Waals surface area (Å²) in [4.78, 5) is 4.33. The number of thiophene rings is 1. The maximum absolute atomic E-state index is 10.3. The second kappa shape index (κ2) is 4.69. The van der Waals surface area contributed by atoms with Crippen molar-refractivity contribution >= 4 is 33.2 Å². The normalized spacial score (nSPS) is 12.8. The Bertz CT molecular complexity index is 678. The molecule has 1 aromatic carbocycles. The molecule has 2 nitrogen and oxygen atoms in total. The van der Waals surface area contributed by atoms with Crippen LogP contribution in [0.1, 0.15) is 17.2 Å². The fourth-order valence-corrected chi connectivity index (χ4v) is 2.76. The predicted molar refractivity (Wildman–Crippen MR) is 75.1 cm³/mol. The van der Waals surface area contributed by atoms with Crippen LogP contribution < -0.4 is 0 Å². The van der Waals surface area contributed by atoms with E-state index < -0.39 is 6.10 Å². The monoisotopic (exact) mass is 275 g/mol. The van der Waals surface area contributed by atoms with Crippen molar-refractivity contribution in [3.05, 3.63) is 64.1 Å². The van der Waals surface area contributed by atoms with Crippen LogP contribution in [0.25, 0.3) is 10.2 Å². The number of nitrogens with zero attached hydrogens (tertiary/aromatic N) is 1. The first-order valence-corrected chi connectivity index (χ1v) is 6.76. The number of hydrogen-bond donors (Lipinski definition) is 1. The molecule has 1 N–H and O–H groups in total. The van der Waals surface area contributed by atoms with Crippen LogP contribution in [0.4, 0.5) is 0 Å². The highest BCUT2D eigenvalue weighted by Gasteiger charge is 2.11. The third-order valence-electron chi connectivity index (χ3n) is 2.83. The zero-order valence-electron chi connectivity index (χ0n) is 9.38. The molecule has 18 heavy (non-hydrogen) atoms. The van der Waals surface area contributed by atoms with Crippen LogP contribution in [0.2, 0.25) is 5.02 Å². The van der Waals surface area contributed by atoms with Crippen molar-refractivity contribution < 1.29 is 5.11 Å². The van der Waals surface area contributed by atoms with Gasteiger partial charge in [0.25, 0.3) is 0 Å². The molecule has 0 bridgehead atoms. The summed E-state index contributed by atoms with van der Waals surface area (Å²) in [6.45, 7) is 0. The Balaban J connectivity index is 2.00. The van der Waals surface area contributed by atoms with Gasteiger partial charge >= 0.3 is 0 Å². The molecule has 1 atom stereocenters. The Morgan fingerprint density at radius 3 is 2.67 bits per heavy atom. The van der Waals surface area contributed by atoms with E-state index in [0.29, 0.717) is 5.02 Å². The van der Waals surface area contributed by atoms with E-state index in [1.54, 1.807) is 29.7 Å². The molecule has 2 heterocycles. The molecular formula is C14H10ClNOS. The molecule has 0 aliphatic rings. The molecule has 0 saturated carbocycles. The first kappa shape index (κ1) is 11.7. The van der Waals surface area contributed by atoms with Gasteiger partial charge in [-0.1, -0.05) is 23.7 Å². The fourth-order valence-electron chi connectivity index (χ4n) is 1.85. The Labute approximate surface area is 113 Å². The zero-order chi connectivity index (χ0) is 12.5. The topological polar surface area (TPSA) is 33.1 Å². The van der Waals surface area contributed by atoms with E-state index in [1.165, 1.54) is 0 Å². The van der Waals surface area contributed by atoms with Crippen molar-refractivity contribution in [1.29, 1.82) is 0 Å². The van der Waals surface area contributed by atoms with E-state index in [9.17, 15) is 5.11 Å². The smallest absolute Gasteiger partial charge is 0.106 e. The lowest BCUT2D eigenvalue weighted by Crippen LogP contribution is -1.99. The Hall–Kier alpha value is -1.42. The van der Waals surface area contributed by atoms with Crippen LogP contribution in [0.3, 0.4) is 0 Å². The molecule has 0 radical (unpaired) electrons. The van der Waals surface area contributed by atoms with Gasteiger partial charge in [-0.3, -0.25) is 4.98 Å². The minimum absolute atomic E-state index is 0.665. The van der Waals surface area contributed by atoms with Crippen LogP contribution in [0, 0.1) is 0 Å². The zero-order valence-corrected chi connectivity index (χ0v) is 10.9. The van der Waals surface area contributed by atoms with Gasteiger partial charge in [-0.25, -0.2) is 0 Å². The van der Waals surface area contributed by atoms with E-state index in [4.69, 9.17) is 11.6 Å². The van der Waals surface area contributed by atoms with Gasteiger partial charge in [-0.05, 0) is 35.2 Å². The molecule has 0 spiro atoms. The summed E-state index contributed by atoms with van der Waals surface area (Å²) in [6, 6.07) is 11.1. The summed E-state index contributed by atoms with van der Waals surface area (Å²) in [5, 5.41) is 13.0. The van der Waals surface area contributed by atoms with Crippen molar-refractivity contribution in [3.8, 4) is 0 Å². The molecule has 0 aliphatic carbocycles. The molecule has 90 valence electrons. The summed E-state index contributed by atoms with van der Waals surface area (Å²) in [7, 11) is 0. The van der Waals surface area contributed by atoms with Gasteiger partial charge in [-0.2, -0.15) is 0 Å². The van der Waals surface area contributed by atoms with Gasteiger partial charge in [0.15, 0.2) is 0 Å². The lowest BCUT2D eigenvalue weighted by atomic mass is 10.0. The number of benzene rings is 1. The Kier molecular flexibility index (Phi) is 3.04. The third kappa shape index (κ3) is 2.12. The summed E-state index contributed by atoms with van der Waals surface area (Å²) in [5.41, 5.74) is 2.58. The largest absolute Gasteiger partial charge is 0.384 e. The minimum Gasteiger partial charge on any atom is -0.384 e. The second-order valence-corrected chi connectivity index (χ2v) is 5.41. The number of aromatic nitrogens is 1. The van der Waals surface area contributed by atoms with Gasteiger partial charge in [0, 0.05) is 16.8 Å². The van der Waals surface area contributed by atoms with Crippen molar-refractivity contribution in [1.82, 2.24) is 4.98 Å². The minimum atomic E-state index is -0.665.